The summed E-state index contributed by atoms with van der Waals surface area (Å²) in [7, 11) is 3.71. The Morgan fingerprint density at radius 1 is 1.15 bits per heavy atom. The monoisotopic (exact) mass is 362 g/mol. The molecule has 0 amide bonds. The fourth-order valence-corrected chi connectivity index (χ4v) is 3.15. The van der Waals surface area contributed by atoms with Gasteiger partial charge in [0, 0.05) is 31.9 Å². The predicted octanol–water partition coefficient (Wildman–Crippen LogP) is 3.21. The molecule has 27 heavy (non-hydrogen) atoms. The van der Waals surface area contributed by atoms with Gasteiger partial charge in [0.05, 0.1) is 35.9 Å². The Bertz CT molecular complexity index is 1050. The molecular weight excluding hydrogens is 340 g/mol. The third-order valence-corrected chi connectivity index (χ3v) is 4.37. The molecule has 0 unspecified atom stereocenters. The van der Waals surface area contributed by atoms with Crippen LogP contribution in [0.1, 0.15) is 17.1 Å². The molecule has 3 aromatic heterocycles. The summed E-state index contributed by atoms with van der Waals surface area (Å²) in [5, 5.41) is 12.0. The Hall–Kier alpha value is -3.19. The van der Waals surface area contributed by atoms with Crippen molar-refractivity contribution in [2.75, 3.05) is 19.1 Å². The fraction of sp³-hybridized carbons (Fsp3) is 0.250. The zero-order valence-electron chi connectivity index (χ0n) is 15.7. The lowest BCUT2D eigenvalue weighted by molar-refractivity contribution is 0.181. The molecule has 0 fully saturated rings. The highest BCUT2D eigenvalue weighted by atomic mass is 16.5. The van der Waals surface area contributed by atoms with E-state index >= 15 is 0 Å². The van der Waals surface area contributed by atoms with Crippen molar-refractivity contribution in [1.82, 2.24) is 24.8 Å². The molecule has 3 heterocycles. The number of H-pyrrole nitrogens is 1. The number of fused-ring (bicyclic) bond motifs is 1. The molecule has 4 rings (SSSR count). The Kier molecular flexibility index (Phi) is 4.60. The number of nitrogens with zero attached hydrogens (tertiary/aromatic N) is 5. The normalized spacial score (nSPS) is 11.2. The van der Waals surface area contributed by atoms with Crippen LogP contribution in [0.5, 0.6) is 0 Å². The summed E-state index contributed by atoms with van der Waals surface area (Å²) in [6, 6.07) is 16.3. The van der Waals surface area contributed by atoms with Crippen molar-refractivity contribution in [1.29, 1.82) is 0 Å². The summed E-state index contributed by atoms with van der Waals surface area (Å²) in [5.41, 5.74) is 5.68. The van der Waals surface area contributed by atoms with E-state index in [1.807, 2.05) is 48.8 Å². The fourth-order valence-electron chi connectivity index (χ4n) is 3.15. The molecule has 0 aliphatic carbocycles. The van der Waals surface area contributed by atoms with Gasteiger partial charge in [-0.1, -0.05) is 30.3 Å². The second-order valence-electron chi connectivity index (χ2n) is 6.59. The first-order valence-corrected chi connectivity index (χ1v) is 8.80. The van der Waals surface area contributed by atoms with Crippen molar-refractivity contribution in [2.45, 2.75) is 20.1 Å². The van der Waals surface area contributed by atoms with Gasteiger partial charge >= 0.3 is 0 Å². The zero-order chi connectivity index (χ0) is 18.8. The molecule has 0 aliphatic rings. The number of benzene rings is 1. The lowest BCUT2D eigenvalue weighted by Crippen LogP contribution is -2.20. The van der Waals surface area contributed by atoms with Crippen LogP contribution in [-0.4, -0.2) is 39.0 Å². The van der Waals surface area contributed by atoms with E-state index in [-0.39, 0.29) is 0 Å². The second-order valence-corrected chi connectivity index (χ2v) is 6.59. The van der Waals surface area contributed by atoms with Crippen LogP contribution in [0.15, 0.2) is 48.5 Å². The first-order valence-electron chi connectivity index (χ1n) is 8.80. The zero-order valence-corrected chi connectivity index (χ0v) is 15.7. The van der Waals surface area contributed by atoms with E-state index < -0.39 is 0 Å². The molecule has 1 aromatic carbocycles. The van der Waals surface area contributed by atoms with Crippen LogP contribution < -0.4 is 4.90 Å². The molecule has 0 atom stereocenters. The summed E-state index contributed by atoms with van der Waals surface area (Å²) in [6.45, 7) is 3.14. The van der Waals surface area contributed by atoms with Crippen molar-refractivity contribution in [3.05, 3.63) is 65.6 Å². The van der Waals surface area contributed by atoms with Crippen LogP contribution in [0, 0.1) is 6.92 Å². The molecule has 0 saturated carbocycles. The maximum Gasteiger partial charge on any atom is 0.158 e. The number of aromatic nitrogens is 5. The molecule has 0 spiro atoms. The molecule has 1 N–H and O–H groups in total. The van der Waals surface area contributed by atoms with Crippen LogP contribution >= 0.6 is 0 Å². The summed E-state index contributed by atoms with van der Waals surface area (Å²) in [5.74, 6) is 0.967. The van der Waals surface area contributed by atoms with E-state index in [4.69, 9.17) is 9.72 Å². The number of anilines is 1. The first kappa shape index (κ1) is 17.2. The Morgan fingerprint density at radius 3 is 2.74 bits per heavy atom. The largest absolute Gasteiger partial charge is 0.378 e. The van der Waals surface area contributed by atoms with Gasteiger partial charge in [0.15, 0.2) is 5.65 Å². The Labute approximate surface area is 157 Å². The minimum absolute atomic E-state index is 0.496. The van der Waals surface area contributed by atoms with Crippen molar-refractivity contribution in [3.63, 3.8) is 0 Å². The van der Waals surface area contributed by atoms with Gasteiger partial charge in [-0.15, -0.1) is 0 Å². The average Bonchev–Trinajstić information content (AvgIpc) is 3.27. The SMILES string of the molecule is COCc1cc(CN(C)c2cc(-c3ccccc3)nc3cc(C)nn23)[nH]n1. The van der Waals surface area contributed by atoms with Crippen molar-refractivity contribution >= 4 is 11.5 Å². The maximum atomic E-state index is 5.14. The molecule has 138 valence electrons. The van der Waals surface area contributed by atoms with E-state index in [0.717, 1.165) is 39.8 Å². The van der Waals surface area contributed by atoms with Gasteiger partial charge in [-0.25, -0.2) is 4.98 Å². The minimum atomic E-state index is 0.496. The number of nitrogens with one attached hydrogen (secondary N) is 1. The van der Waals surface area contributed by atoms with Crippen molar-refractivity contribution in [3.8, 4) is 11.3 Å². The van der Waals surface area contributed by atoms with E-state index in [9.17, 15) is 0 Å². The van der Waals surface area contributed by atoms with E-state index in [2.05, 4.69) is 38.4 Å². The summed E-state index contributed by atoms with van der Waals surface area (Å²) >= 11 is 0. The van der Waals surface area contributed by atoms with Crippen LogP contribution in [0.4, 0.5) is 5.82 Å². The molecular formula is C20H22N6O. The van der Waals surface area contributed by atoms with Gasteiger partial charge in [0.2, 0.25) is 0 Å². The molecule has 0 bridgehead atoms. The molecule has 0 saturated heterocycles. The highest BCUT2D eigenvalue weighted by Gasteiger charge is 2.14. The lowest BCUT2D eigenvalue weighted by atomic mass is 10.1. The summed E-state index contributed by atoms with van der Waals surface area (Å²) < 4.78 is 7.02. The van der Waals surface area contributed by atoms with Crippen LogP contribution in [-0.2, 0) is 17.9 Å². The van der Waals surface area contributed by atoms with Gasteiger partial charge in [0.25, 0.3) is 0 Å². The minimum Gasteiger partial charge on any atom is -0.378 e. The number of ether oxygens (including phenoxy) is 1. The molecule has 7 heteroatoms. The number of aromatic amines is 1. The van der Waals surface area contributed by atoms with Crippen molar-refractivity contribution < 1.29 is 4.74 Å². The van der Waals surface area contributed by atoms with E-state index in [1.165, 1.54) is 0 Å². The second kappa shape index (κ2) is 7.20. The Morgan fingerprint density at radius 2 is 1.96 bits per heavy atom. The topological polar surface area (TPSA) is 71.3 Å². The third kappa shape index (κ3) is 3.54. The van der Waals surface area contributed by atoms with Gasteiger partial charge in [-0.2, -0.15) is 14.7 Å². The van der Waals surface area contributed by atoms with Gasteiger partial charge in [0.1, 0.15) is 5.82 Å². The first-order chi connectivity index (χ1) is 13.1. The predicted molar refractivity (Wildman–Crippen MR) is 105 cm³/mol. The van der Waals surface area contributed by atoms with Crippen LogP contribution in [0.3, 0.4) is 0 Å². The van der Waals surface area contributed by atoms with E-state index in [1.54, 1.807) is 7.11 Å². The molecule has 7 nitrogen and oxygen atoms in total. The Balaban J connectivity index is 1.72. The van der Waals surface area contributed by atoms with Crippen LogP contribution in [0.2, 0.25) is 0 Å². The van der Waals surface area contributed by atoms with E-state index in [0.29, 0.717) is 13.2 Å². The number of hydrogen-bond donors (Lipinski definition) is 1. The summed E-state index contributed by atoms with van der Waals surface area (Å²) in [4.78, 5) is 6.92. The number of methoxy groups -OCH3 is 1. The standard InChI is InChI=1S/C20H22N6O/c1-14-9-19-21-18(15-7-5-4-6-8-15)11-20(26(19)24-14)25(2)12-16-10-17(13-27-3)23-22-16/h4-11H,12-13H2,1-3H3,(H,22,23). The molecule has 4 aromatic rings. The number of rotatable bonds is 6. The molecule has 0 radical (unpaired) electrons. The quantitative estimate of drug-likeness (QED) is 0.570. The number of aryl methyl sites for hydroxylation is 1. The summed E-state index contributed by atoms with van der Waals surface area (Å²) in [6.07, 6.45) is 0. The highest BCUT2D eigenvalue weighted by Crippen LogP contribution is 2.25. The number of hydrogen-bond acceptors (Lipinski definition) is 5. The third-order valence-electron chi connectivity index (χ3n) is 4.37. The highest BCUT2D eigenvalue weighted by molar-refractivity contribution is 5.67. The van der Waals surface area contributed by atoms with Crippen molar-refractivity contribution in [2.24, 2.45) is 0 Å². The average molecular weight is 362 g/mol. The lowest BCUT2D eigenvalue weighted by Gasteiger charge is -2.20. The maximum absolute atomic E-state index is 5.14. The van der Waals surface area contributed by atoms with Crippen LogP contribution in [0.25, 0.3) is 16.9 Å². The van der Waals surface area contributed by atoms with Gasteiger partial charge in [-0.3, -0.25) is 5.10 Å². The van der Waals surface area contributed by atoms with Gasteiger partial charge < -0.3 is 9.64 Å². The molecule has 0 aliphatic heterocycles. The van der Waals surface area contributed by atoms with Gasteiger partial charge in [-0.05, 0) is 13.0 Å². The smallest absolute Gasteiger partial charge is 0.158 e.